The van der Waals surface area contributed by atoms with Gasteiger partial charge in [-0.1, -0.05) is 30.5 Å². The third-order valence-electron chi connectivity index (χ3n) is 7.46. The SMILES string of the molecule is CCc1cc(Nc2ncc(Cl)c(Nc3ccc4nccnc4c3N(C)SC)n2)c(OC)cc1N1CCC(N(C)C)C1. The van der Waals surface area contributed by atoms with Gasteiger partial charge >= 0.3 is 0 Å². The molecule has 10 nitrogen and oxygen atoms in total. The van der Waals surface area contributed by atoms with E-state index < -0.39 is 0 Å². The number of ether oxygens (including phenoxy) is 1. The lowest BCUT2D eigenvalue weighted by atomic mass is 10.1. The second-order valence-electron chi connectivity index (χ2n) is 10.1. The van der Waals surface area contributed by atoms with E-state index in [-0.39, 0.29) is 0 Å². The number of halogens is 1. The van der Waals surface area contributed by atoms with Crippen LogP contribution in [0, 0.1) is 0 Å². The predicted octanol–water partition coefficient (Wildman–Crippen LogP) is 5.99. The average Bonchev–Trinajstić information content (AvgIpc) is 3.49. The first-order valence-corrected chi connectivity index (χ1v) is 15.1. The van der Waals surface area contributed by atoms with Crippen LogP contribution in [0.25, 0.3) is 11.0 Å². The number of methoxy groups -OCH3 is 1. The minimum absolute atomic E-state index is 0.397. The Balaban J connectivity index is 1.45. The number of anilines is 6. The highest BCUT2D eigenvalue weighted by molar-refractivity contribution is 7.99. The van der Waals surface area contributed by atoms with Gasteiger partial charge in [-0.2, -0.15) is 4.98 Å². The first-order chi connectivity index (χ1) is 19.8. The van der Waals surface area contributed by atoms with E-state index in [2.05, 4.69) is 68.5 Å². The van der Waals surface area contributed by atoms with Crippen LogP contribution < -0.4 is 24.6 Å². The zero-order valence-corrected chi connectivity index (χ0v) is 25.8. The van der Waals surface area contributed by atoms with Crippen molar-refractivity contribution in [3.8, 4) is 5.75 Å². The van der Waals surface area contributed by atoms with Crippen LogP contribution in [0.4, 0.5) is 34.5 Å². The third-order valence-corrected chi connectivity index (χ3v) is 8.47. The largest absolute Gasteiger partial charge is 0.494 e. The van der Waals surface area contributed by atoms with Gasteiger partial charge in [0.15, 0.2) is 5.82 Å². The highest BCUT2D eigenvalue weighted by Gasteiger charge is 2.26. The minimum Gasteiger partial charge on any atom is -0.494 e. The van der Waals surface area contributed by atoms with Crippen LogP contribution in [0.1, 0.15) is 18.9 Å². The predicted molar refractivity (Wildman–Crippen MR) is 172 cm³/mol. The maximum absolute atomic E-state index is 6.57. The molecule has 5 rings (SSSR count). The molecule has 3 heterocycles. The fourth-order valence-corrected chi connectivity index (χ4v) is 5.64. The van der Waals surface area contributed by atoms with Gasteiger partial charge in [-0.05, 0) is 50.7 Å². The normalized spacial score (nSPS) is 15.0. The maximum atomic E-state index is 6.57. The quantitative estimate of drug-likeness (QED) is 0.212. The van der Waals surface area contributed by atoms with Gasteiger partial charge in [0, 0.05) is 56.6 Å². The van der Waals surface area contributed by atoms with Crippen LogP contribution >= 0.6 is 23.5 Å². The van der Waals surface area contributed by atoms with Crippen molar-refractivity contribution in [2.45, 2.75) is 25.8 Å². The Labute approximate surface area is 250 Å². The number of nitrogens with one attached hydrogen (secondary N) is 2. The Morgan fingerprint density at radius 2 is 1.90 bits per heavy atom. The van der Waals surface area contributed by atoms with Crippen LogP contribution in [-0.2, 0) is 6.42 Å². The molecule has 41 heavy (non-hydrogen) atoms. The molecule has 1 aliphatic heterocycles. The Morgan fingerprint density at radius 3 is 2.61 bits per heavy atom. The number of nitrogens with zero attached hydrogens (tertiary/aromatic N) is 7. The molecule has 12 heteroatoms. The number of aromatic nitrogens is 4. The van der Waals surface area contributed by atoms with Crippen LogP contribution in [-0.4, -0.2) is 78.5 Å². The molecule has 1 atom stereocenters. The lowest BCUT2D eigenvalue weighted by Gasteiger charge is -2.25. The third kappa shape index (κ3) is 6.07. The second kappa shape index (κ2) is 12.5. The van der Waals surface area contributed by atoms with Gasteiger partial charge in [-0.25, -0.2) is 4.98 Å². The standard InChI is InChI=1S/C29H36ClN9OS/c1-7-18-14-23(25(40-5)15-24(18)39-13-10-19(17-39)37(2)3)35-29-33-16-20(30)28(36-29)34-22-9-8-21-26(32-12-11-31-21)27(22)38(4)41-6/h8-9,11-12,14-16,19H,7,10,13,17H2,1-6H3,(H2,33,34,35,36). The molecule has 1 fully saturated rings. The molecule has 0 radical (unpaired) electrons. The molecule has 2 aromatic heterocycles. The molecule has 4 aromatic rings. The van der Waals surface area contributed by atoms with E-state index >= 15 is 0 Å². The summed E-state index contributed by atoms with van der Waals surface area (Å²) in [6.07, 6.45) is 9.01. The number of hydrogen-bond donors (Lipinski definition) is 2. The van der Waals surface area contributed by atoms with Gasteiger partial charge in [0.05, 0.1) is 35.9 Å². The summed E-state index contributed by atoms with van der Waals surface area (Å²) in [5.41, 5.74) is 6.52. The molecule has 2 N–H and O–H groups in total. The van der Waals surface area contributed by atoms with E-state index in [9.17, 15) is 0 Å². The molecule has 0 spiro atoms. The Morgan fingerprint density at radius 1 is 1.10 bits per heavy atom. The zero-order chi connectivity index (χ0) is 29.1. The summed E-state index contributed by atoms with van der Waals surface area (Å²) in [6.45, 7) is 4.20. The Hall–Kier alpha value is -3.54. The molecule has 0 aliphatic carbocycles. The number of likely N-dealkylation sites (N-methyl/N-ethyl adjacent to an activating group) is 1. The van der Waals surface area contributed by atoms with Gasteiger partial charge in [0.1, 0.15) is 16.3 Å². The molecular weight excluding hydrogens is 558 g/mol. The molecule has 216 valence electrons. The van der Waals surface area contributed by atoms with Crippen molar-refractivity contribution in [3.63, 3.8) is 0 Å². The fourth-order valence-electron chi connectivity index (χ4n) is 5.14. The first-order valence-electron chi connectivity index (χ1n) is 13.5. The Kier molecular flexibility index (Phi) is 8.86. The van der Waals surface area contributed by atoms with Gasteiger partial charge in [0.2, 0.25) is 5.95 Å². The van der Waals surface area contributed by atoms with Crippen molar-refractivity contribution in [1.82, 2.24) is 24.8 Å². The van der Waals surface area contributed by atoms with E-state index in [0.717, 1.165) is 59.8 Å². The van der Waals surface area contributed by atoms with Crippen molar-refractivity contribution >= 4 is 69.1 Å². The molecule has 2 aromatic carbocycles. The zero-order valence-electron chi connectivity index (χ0n) is 24.3. The van der Waals surface area contributed by atoms with Crippen LogP contribution in [0.2, 0.25) is 5.02 Å². The van der Waals surface area contributed by atoms with Gasteiger partial charge in [0.25, 0.3) is 0 Å². The first kappa shape index (κ1) is 29.0. The van der Waals surface area contributed by atoms with Crippen molar-refractivity contribution < 1.29 is 4.74 Å². The smallest absolute Gasteiger partial charge is 0.229 e. The number of aryl methyl sites for hydroxylation is 1. The summed E-state index contributed by atoms with van der Waals surface area (Å²) in [5, 5.41) is 7.16. The fraction of sp³-hybridized carbons (Fsp3) is 0.379. The van der Waals surface area contributed by atoms with E-state index in [0.29, 0.717) is 22.8 Å². The number of hydrogen-bond acceptors (Lipinski definition) is 11. The van der Waals surface area contributed by atoms with Crippen molar-refractivity contribution in [1.29, 1.82) is 0 Å². The Bertz CT molecular complexity index is 1540. The molecule has 0 saturated carbocycles. The number of rotatable bonds is 10. The molecule has 1 aliphatic rings. The topological polar surface area (TPSA) is 94.6 Å². The summed E-state index contributed by atoms with van der Waals surface area (Å²) >= 11 is 8.14. The van der Waals surface area contributed by atoms with Crippen LogP contribution in [0.3, 0.4) is 0 Å². The molecule has 0 amide bonds. The number of fused-ring (bicyclic) bond motifs is 1. The summed E-state index contributed by atoms with van der Waals surface area (Å²) in [7, 11) is 7.96. The van der Waals surface area contributed by atoms with Crippen LogP contribution in [0.15, 0.2) is 42.9 Å². The highest BCUT2D eigenvalue weighted by Crippen LogP contribution is 2.39. The maximum Gasteiger partial charge on any atom is 0.229 e. The van der Waals surface area contributed by atoms with Crippen molar-refractivity contribution in [2.24, 2.45) is 0 Å². The second-order valence-corrected chi connectivity index (χ2v) is 11.4. The van der Waals surface area contributed by atoms with Gasteiger partial charge in [-0.15, -0.1) is 0 Å². The van der Waals surface area contributed by atoms with E-state index in [1.807, 2.05) is 29.7 Å². The lowest BCUT2D eigenvalue weighted by molar-refractivity contribution is 0.315. The summed E-state index contributed by atoms with van der Waals surface area (Å²) in [6, 6.07) is 8.68. The van der Waals surface area contributed by atoms with Crippen molar-refractivity contribution in [3.05, 3.63) is 53.4 Å². The minimum atomic E-state index is 0.397. The molecular formula is C29H36ClN9OS. The van der Waals surface area contributed by atoms with E-state index in [1.165, 1.54) is 11.3 Å². The van der Waals surface area contributed by atoms with Crippen LogP contribution in [0.5, 0.6) is 5.75 Å². The molecule has 0 bridgehead atoms. The highest BCUT2D eigenvalue weighted by atomic mass is 35.5. The van der Waals surface area contributed by atoms with Gasteiger partial charge < -0.3 is 29.5 Å². The lowest BCUT2D eigenvalue weighted by Crippen LogP contribution is -2.31. The average molecular weight is 594 g/mol. The van der Waals surface area contributed by atoms with Crippen molar-refractivity contribution in [2.75, 3.05) is 67.4 Å². The molecule has 1 saturated heterocycles. The number of benzene rings is 2. The summed E-state index contributed by atoms with van der Waals surface area (Å²) < 4.78 is 7.85. The van der Waals surface area contributed by atoms with E-state index in [4.69, 9.17) is 21.3 Å². The summed E-state index contributed by atoms with van der Waals surface area (Å²) in [5.74, 6) is 1.61. The monoisotopic (exact) mass is 593 g/mol. The summed E-state index contributed by atoms with van der Waals surface area (Å²) in [4.78, 5) is 23.0. The van der Waals surface area contributed by atoms with E-state index in [1.54, 1.807) is 37.6 Å². The molecule has 1 unspecified atom stereocenters. The van der Waals surface area contributed by atoms with Gasteiger partial charge in [-0.3, -0.25) is 9.97 Å².